The van der Waals surface area contributed by atoms with E-state index in [9.17, 15) is 0 Å². The highest BCUT2D eigenvalue weighted by Crippen LogP contribution is 2.37. The molecule has 0 radical (unpaired) electrons. The van der Waals surface area contributed by atoms with Crippen LogP contribution in [0.4, 0.5) is 0 Å². The van der Waals surface area contributed by atoms with Gasteiger partial charge in [0, 0.05) is 9.35 Å². The van der Waals surface area contributed by atoms with E-state index in [-0.39, 0.29) is 0 Å². The molecule has 11 heavy (non-hydrogen) atoms. The van der Waals surface area contributed by atoms with Crippen LogP contribution in [0.25, 0.3) is 0 Å². The van der Waals surface area contributed by atoms with Crippen LogP contribution < -0.4 is 0 Å². The number of rotatable bonds is 2. The van der Waals surface area contributed by atoms with Crippen molar-refractivity contribution < 1.29 is 0 Å². The van der Waals surface area contributed by atoms with Gasteiger partial charge < -0.3 is 0 Å². The van der Waals surface area contributed by atoms with Crippen molar-refractivity contribution in [2.45, 2.75) is 24.0 Å². The lowest BCUT2D eigenvalue weighted by molar-refractivity contribution is 0.889. The van der Waals surface area contributed by atoms with Gasteiger partial charge in [0.2, 0.25) is 0 Å². The maximum atomic E-state index is 3.54. The fourth-order valence-electron chi connectivity index (χ4n) is 0.793. The van der Waals surface area contributed by atoms with Gasteiger partial charge in [0.05, 0.1) is 4.21 Å². The summed E-state index contributed by atoms with van der Waals surface area (Å²) in [7, 11) is 0. The van der Waals surface area contributed by atoms with E-state index in [0.717, 1.165) is 0 Å². The minimum absolute atomic E-state index is 0.650. The van der Waals surface area contributed by atoms with E-state index < -0.39 is 0 Å². The molecule has 3 heteroatoms. The highest BCUT2D eigenvalue weighted by Gasteiger charge is 2.07. The molecule has 0 aliphatic heterocycles. The quantitative estimate of drug-likeness (QED) is 0.704. The van der Waals surface area contributed by atoms with Gasteiger partial charge in [-0.25, -0.2) is 0 Å². The summed E-state index contributed by atoms with van der Waals surface area (Å²) in [6.07, 6.45) is 2.11. The molecular weight excluding hydrogens is 240 g/mol. The molecule has 1 aromatic rings. The second kappa shape index (κ2) is 3.97. The molecule has 0 bridgehead atoms. The Hall–Kier alpha value is 0.530. The number of hydrogen-bond acceptors (Lipinski definition) is 2. The molecule has 1 heterocycles. The highest BCUT2D eigenvalue weighted by atomic mass is 79.9. The summed E-state index contributed by atoms with van der Waals surface area (Å²) in [6.45, 7) is 4.45. The van der Waals surface area contributed by atoms with Crippen molar-refractivity contribution in [3.8, 4) is 0 Å². The van der Waals surface area contributed by atoms with Crippen LogP contribution >= 0.6 is 39.0 Å². The summed E-state index contributed by atoms with van der Waals surface area (Å²) in [5.41, 5.74) is 0. The Morgan fingerprint density at radius 2 is 2.18 bits per heavy atom. The van der Waals surface area contributed by atoms with Crippen molar-refractivity contribution in [2.24, 2.45) is 0 Å². The van der Waals surface area contributed by atoms with Gasteiger partial charge in [-0.3, -0.25) is 0 Å². The van der Waals surface area contributed by atoms with Crippen LogP contribution in [0.1, 0.15) is 24.6 Å². The predicted octanol–water partition coefficient (Wildman–Crippen LogP) is 4.36. The Kier molecular flexibility index (Phi) is 3.47. The van der Waals surface area contributed by atoms with Crippen LogP contribution in [0.2, 0.25) is 0 Å². The molecule has 0 fully saturated rings. The van der Waals surface area contributed by atoms with Gasteiger partial charge in [-0.05, 0) is 34.2 Å². The van der Waals surface area contributed by atoms with Crippen LogP contribution in [0, 0.1) is 0 Å². The topological polar surface area (TPSA) is 0 Å². The van der Waals surface area contributed by atoms with Gasteiger partial charge in [0.15, 0.2) is 0 Å². The Labute approximate surface area is 84.5 Å². The first kappa shape index (κ1) is 9.62. The Balaban J connectivity index is 2.95. The summed E-state index contributed by atoms with van der Waals surface area (Å²) in [6, 6.07) is 2.22. The first-order valence-corrected chi connectivity index (χ1v) is 6.31. The lowest BCUT2D eigenvalue weighted by atomic mass is 10.2. The highest BCUT2D eigenvalue weighted by molar-refractivity contribution is 9.10. The molecule has 0 amide bonds. The third-order valence-electron chi connectivity index (χ3n) is 1.43. The molecule has 0 N–H and O–H groups in total. The van der Waals surface area contributed by atoms with E-state index in [0.29, 0.717) is 5.92 Å². The average molecular weight is 251 g/mol. The third-order valence-corrected chi connectivity index (χ3v) is 5.15. The summed E-state index contributed by atoms with van der Waals surface area (Å²) >= 11 is 7.22. The van der Waals surface area contributed by atoms with Gasteiger partial charge in [0.1, 0.15) is 0 Å². The molecular formula is C8H11BrS2. The number of halogens is 1. The second-order valence-corrected chi connectivity index (χ2v) is 5.66. The van der Waals surface area contributed by atoms with Crippen molar-refractivity contribution in [3.05, 3.63) is 15.4 Å². The third kappa shape index (κ3) is 2.23. The molecule has 1 rings (SSSR count). The maximum absolute atomic E-state index is 3.54. The van der Waals surface area contributed by atoms with Crippen LogP contribution in [0.15, 0.2) is 14.7 Å². The molecule has 0 aromatic carbocycles. The molecule has 0 nitrogen and oxygen atoms in total. The maximum Gasteiger partial charge on any atom is 0.0741 e. The lowest BCUT2D eigenvalue weighted by Gasteiger charge is -1.96. The summed E-state index contributed by atoms with van der Waals surface area (Å²) < 4.78 is 2.63. The first-order chi connectivity index (χ1) is 5.15. The molecule has 62 valence electrons. The molecule has 0 aliphatic carbocycles. The lowest BCUT2D eigenvalue weighted by Crippen LogP contribution is -1.77. The van der Waals surface area contributed by atoms with Crippen LogP contribution in [-0.2, 0) is 0 Å². The zero-order valence-corrected chi connectivity index (χ0v) is 10.1. The molecule has 0 saturated carbocycles. The van der Waals surface area contributed by atoms with Gasteiger partial charge in [-0.1, -0.05) is 13.8 Å². The predicted molar refractivity (Wildman–Crippen MR) is 57.9 cm³/mol. The van der Waals surface area contributed by atoms with Crippen LogP contribution in [0.3, 0.4) is 0 Å². The number of thioether (sulfide) groups is 1. The van der Waals surface area contributed by atoms with Gasteiger partial charge in [0.25, 0.3) is 0 Å². The van der Waals surface area contributed by atoms with Crippen LogP contribution in [-0.4, -0.2) is 6.26 Å². The zero-order chi connectivity index (χ0) is 8.43. The standard InChI is InChI=1S/C8H11BrS2/c1-5(2)7-4-6(9)8(10-3)11-7/h4-5H,1-3H3. The van der Waals surface area contributed by atoms with E-state index >= 15 is 0 Å². The van der Waals surface area contributed by atoms with Crippen molar-refractivity contribution in [1.82, 2.24) is 0 Å². The fourth-order valence-corrected chi connectivity index (χ4v) is 3.58. The van der Waals surface area contributed by atoms with Crippen molar-refractivity contribution in [3.63, 3.8) is 0 Å². The molecule has 0 atom stereocenters. The number of hydrogen-bond donors (Lipinski definition) is 0. The van der Waals surface area contributed by atoms with Gasteiger partial charge in [-0.2, -0.15) is 0 Å². The Morgan fingerprint density at radius 3 is 2.45 bits per heavy atom. The van der Waals surface area contributed by atoms with Crippen LogP contribution in [0.5, 0.6) is 0 Å². The summed E-state index contributed by atoms with van der Waals surface area (Å²) in [5.74, 6) is 0.650. The molecule has 0 aliphatic rings. The SMILES string of the molecule is CSc1sc(C(C)C)cc1Br. The van der Waals surface area contributed by atoms with Gasteiger partial charge >= 0.3 is 0 Å². The van der Waals surface area contributed by atoms with Gasteiger partial charge in [-0.15, -0.1) is 23.1 Å². The summed E-state index contributed by atoms with van der Waals surface area (Å²) in [4.78, 5) is 1.46. The molecule has 1 aromatic heterocycles. The van der Waals surface area contributed by atoms with Crippen molar-refractivity contribution in [1.29, 1.82) is 0 Å². The largest absolute Gasteiger partial charge is 0.132 e. The second-order valence-electron chi connectivity index (χ2n) is 2.64. The first-order valence-electron chi connectivity index (χ1n) is 3.48. The average Bonchev–Trinajstić information content (AvgIpc) is 2.31. The summed E-state index contributed by atoms with van der Waals surface area (Å²) in [5, 5.41) is 0. The van der Waals surface area contributed by atoms with E-state index in [1.54, 1.807) is 11.8 Å². The minimum atomic E-state index is 0.650. The smallest absolute Gasteiger partial charge is 0.0741 e. The van der Waals surface area contributed by atoms with E-state index in [1.807, 2.05) is 11.3 Å². The molecule has 0 spiro atoms. The molecule has 0 unspecified atom stereocenters. The van der Waals surface area contributed by atoms with E-state index in [1.165, 1.54) is 13.6 Å². The van der Waals surface area contributed by atoms with E-state index in [2.05, 4.69) is 42.1 Å². The zero-order valence-electron chi connectivity index (χ0n) is 6.85. The van der Waals surface area contributed by atoms with E-state index in [4.69, 9.17) is 0 Å². The van der Waals surface area contributed by atoms with Crippen molar-refractivity contribution >= 4 is 39.0 Å². The Morgan fingerprint density at radius 1 is 1.55 bits per heavy atom. The fraction of sp³-hybridized carbons (Fsp3) is 0.500. The Bertz CT molecular complexity index is 240. The monoisotopic (exact) mass is 250 g/mol. The number of thiophene rings is 1. The minimum Gasteiger partial charge on any atom is -0.132 e. The van der Waals surface area contributed by atoms with Crippen molar-refractivity contribution in [2.75, 3.05) is 6.26 Å². The normalized spacial score (nSPS) is 11.0. The molecule has 0 saturated heterocycles.